The first-order valence-electron chi connectivity index (χ1n) is 18.7. The van der Waals surface area contributed by atoms with Crippen LogP contribution in [0.5, 0.6) is 0 Å². The molecule has 0 spiro atoms. The van der Waals surface area contributed by atoms with Crippen LogP contribution < -0.4 is 15.4 Å². The summed E-state index contributed by atoms with van der Waals surface area (Å²) >= 11 is 0. The van der Waals surface area contributed by atoms with Crippen molar-refractivity contribution in [2.75, 3.05) is 26.9 Å². The summed E-state index contributed by atoms with van der Waals surface area (Å²) in [5.74, 6) is -5.29. The molecule has 0 radical (unpaired) electrons. The number of aliphatic carboxylic acids is 1. The van der Waals surface area contributed by atoms with Crippen LogP contribution in [0.1, 0.15) is 79.1 Å². The Morgan fingerprint density at radius 3 is 2.34 bits per heavy atom. The topological polar surface area (TPSA) is 198 Å². The van der Waals surface area contributed by atoms with Gasteiger partial charge in [-0.3, -0.25) is 24.0 Å². The molecule has 3 aliphatic carbocycles. The quantitative estimate of drug-likeness (QED) is 0.195. The van der Waals surface area contributed by atoms with Crippen LogP contribution >= 0.6 is 0 Å². The summed E-state index contributed by atoms with van der Waals surface area (Å²) in [5, 5.41) is 15.0. The zero-order valence-corrected chi connectivity index (χ0v) is 32.8. The van der Waals surface area contributed by atoms with Gasteiger partial charge in [0.05, 0.1) is 13.2 Å². The fraction of sp³-hybridized carbons (Fsp3) is 0.703. The Hall–Kier alpha value is -4.00. The van der Waals surface area contributed by atoms with Crippen molar-refractivity contribution in [2.24, 2.45) is 23.7 Å². The van der Waals surface area contributed by atoms with Crippen molar-refractivity contribution in [3.8, 4) is 0 Å². The highest BCUT2D eigenvalue weighted by Gasteiger charge is 2.64. The van der Waals surface area contributed by atoms with E-state index in [2.05, 4.69) is 23.9 Å². The molecule has 312 valence electrons. The van der Waals surface area contributed by atoms with Crippen molar-refractivity contribution in [3.05, 3.63) is 35.1 Å². The maximum atomic E-state index is 14.3. The molecular weight excluding hydrogens is 768 g/mol. The van der Waals surface area contributed by atoms with Crippen molar-refractivity contribution in [1.29, 1.82) is 0 Å². The van der Waals surface area contributed by atoms with Gasteiger partial charge in [-0.1, -0.05) is 26.0 Å². The van der Waals surface area contributed by atoms with Gasteiger partial charge in [0.1, 0.15) is 34.3 Å². The lowest BCUT2D eigenvalue weighted by molar-refractivity contribution is -0.244. The number of nitrogens with one attached hydrogen (secondary N) is 3. The molecule has 14 nitrogen and oxygen atoms in total. The van der Waals surface area contributed by atoms with Crippen LogP contribution in [0.4, 0.5) is 22.4 Å². The first-order chi connectivity index (χ1) is 26.0. The number of hydrogen-bond donors (Lipinski definition) is 4. The van der Waals surface area contributed by atoms with E-state index in [1.807, 2.05) is 21.0 Å². The van der Waals surface area contributed by atoms with Crippen LogP contribution in [-0.4, -0.2) is 109 Å². The SMILES string of the molecule is COC1=C(C(=O)O)[C@H](NC(=O)OC(C)(C)C(F)(F)F)C(=O)C=C1[C@H]1C[C@H]2C(=O)N[C@]3(C(=O)NS(=O)(=O)C4(CF)CC4)C[C@H]3/C=C\CC[C@H](C)C[C@@H](C)CCN2C1. The Bertz CT molecular complexity index is 1830. The van der Waals surface area contributed by atoms with Crippen molar-refractivity contribution in [1.82, 2.24) is 20.3 Å². The molecule has 2 heterocycles. The summed E-state index contributed by atoms with van der Waals surface area (Å²) < 4.78 is 90.4. The fourth-order valence-corrected chi connectivity index (χ4v) is 9.31. The minimum Gasteiger partial charge on any atom is -0.496 e. The number of carbonyl (C=O) groups is 5. The summed E-state index contributed by atoms with van der Waals surface area (Å²) in [4.78, 5) is 68.5. The monoisotopic (exact) mass is 818 g/mol. The molecule has 3 amide bonds. The van der Waals surface area contributed by atoms with Gasteiger partial charge in [-0.15, -0.1) is 0 Å². The van der Waals surface area contributed by atoms with Crippen molar-refractivity contribution >= 4 is 39.7 Å². The van der Waals surface area contributed by atoms with Gasteiger partial charge >= 0.3 is 18.2 Å². The minimum absolute atomic E-state index is 0.00311. The van der Waals surface area contributed by atoms with E-state index in [1.165, 1.54) is 0 Å². The van der Waals surface area contributed by atoms with Gasteiger partial charge in [0.25, 0.3) is 5.91 Å². The molecule has 0 aromatic heterocycles. The predicted molar refractivity (Wildman–Crippen MR) is 192 cm³/mol. The van der Waals surface area contributed by atoms with Crippen molar-refractivity contribution in [3.63, 3.8) is 0 Å². The van der Waals surface area contributed by atoms with Gasteiger partial charge in [0, 0.05) is 24.0 Å². The van der Waals surface area contributed by atoms with Gasteiger partial charge in [-0.2, -0.15) is 13.2 Å². The van der Waals surface area contributed by atoms with E-state index in [0.29, 0.717) is 39.2 Å². The Morgan fingerprint density at radius 1 is 1.09 bits per heavy atom. The number of ether oxygens (including phenoxy) is 2. The van der Waals surface area contributed by atoms with E-state index in [-0.39, 0.29) is 49.5 Å². The molecule has 2 aliphatic heterocycles. The van der Waals surface area contributed by atoms with Crippen molar-refractivity contribution < 1.29 is 64.5 Å². The second-order valence-corrected chi connectivity index (χ2v) is 18.5. The number of ketones is 1. The molecule has 0 bridgehead atoms. The second kappa shape index (κ2) is 15.7. The van der Waals surface area contributed by atoms with E-state index in [1.54, 1.807) is 6.08 Å². The van der Waals surface area contributed by atoms with E-state index >= 15 is 0 Å². The summed E-state index contributed by atoms with van der Waals surface area (Å²) in [6, 6.07) is -2.91. The first-order valence-corrected chi connectivity index (χ1v) is 20.2. The van der Waals surface area contributed by atoms with Gasteiger partial charge in [0.15, 0.2) is 5.78 Å². The molecule has 1 saturated heterocycles. The number of hydrogen-bond acceptors (Lipinski definition) is 10. The Balaban J connectivity index is 1.44. The third-order valence-corrected chi connectivity index (χ3v) is 13.9. The number of carboxylic acids is 1. The van der Waals surface area contributed by atoms with Crippen LogP contribution in [0.15, 0.2) is 35.1 Å². The largest absolute Gasteiger partial charge is 0.496 e. The molecule has 7 atom stereocenters. The number of allylic oxidation sites excluding steroid dienone is 2. The van der Waals surface area contributed by atoms with Gasteiger partial charge in [-0.05, 0) is 89.7 Å². The third-order valence-electron chi connectivity index (χ3n) is 11.8. The van der Waals surface area contributed by atoms with Crippen LogP contribution in [0.3, 0.4) is 0 Å². The number of fused-ring (bicyclic) bond motifs is 2. The normalized spacial score (nSPS) is 32.0. The molecule has 2 saturated carbocycles. The number of alkyl halides is 4. The Morgan fingerprint density at radius 2 is 1.75 bits per heavy atom. The highest BCUT2D eigenvalue weighted by Crippen LogP contribution is 2.48. The molecule has 0 aromatic rings. The summed E-state index contributed by atoms with van der Waals surface area (Å²) in [6.07, 6.45) is 1.36. The van der Waals surface area contributed by atoms with E-state index in [4.69, 9.17) is 4.74 Å². The summed E-state index contributed by atoms with van der Waals surface area (Å²) in [6.45, 7) is 4.74. The lowest BCUT2D eigenvalue weighted by Gasteiger charge is -2.30. The number of alkyl carbamates (subject to hydrolysis) is 1. The summed E-state index contributed by atoms with van der Waals surface area (Å²) in [7, 11) is -3.28. The van der Waals surface area contributed by atoms with Gasteiger partial charge < -0.3 is 25.2 Å². The number of carbonyl (C=O) groups excluding carboxylic acids is 4. The van der Waals surface area contributed by atoms with E-state index in [0.717, 1.165) is 26.0 Å². The number of nitrogens with zero attached hydrogens (tertiary/aromatic N) is 1. The molecule has 56 heavy (non-hydrogen) atoms. The zero-order chi connectivity index (χ0) is 41.6. The number of carboxylic acid groups (broad SMARTS) is 1. The average Bonchev–Trinajstić information content (AvgIpc) is 3.99. The lowest BCUT2D eigenvalue weighted by Crippen LogP contribution is -2.57. The second-order valence-electron chi connectivity index (χ2n) is 16.4. The smallest absolute Gasteiger partial charge is 0.427 e. The molecule has 19 heteroatoms. The van der Waals surface area contributed by atoms with Crippen LogP contribution in [0.25, 0.3) is 0 Å². The highest BCUT2D eigenvalue weighted by molar-refractivity contribution is 7.91. The number of halogens is 4. The number of methoxy groups -OCH3 is 1. The summed E-state index contributed by atoms with van der Waals surface area (Å²) in [5.41, 5.74) is -5.28. The first kappa shape index (κ1) is 43.1. The molecular formula is C37H50F4N4O10S. The standard InChI is InChI=1S/C37H50F4N4O10S/c1-20-8-6-7-9-23-17-36(23,32(50)44-56(52,53)35(19-38)11-12-35)43-30(47)25-15-22(18-45(25)13-10-21(2)14-20)24-16-26(46)28(27(31(48)49)29(24)54-5)42-33(51)55-34(3,4)37(39,40)41/h7,9,16,20-23,25,28H,6,8,10-15,17-19H2,1-5H3,(H,42,51)(H,43,47)(H,44,50)(H,48,49)/b9-7-/t20-,21-,22-,23+,25-,28+,36+/m0/s1. The molecule has 5 rings (SSSR count). The van der Waals surface area contributed by atoms with E-state index < -0.39 is 97.9 Å². The van der Waals surface area contributed by atoms with Crippen LogP contribution in [0.2, 0.25) is 0 Å². The number of sulfonamides is 1. The van der Waals surface area contributed by atoms with Gasteiger partial charge in [-0.25, -0.2) is 22.4 Å². The van der Waals surface area contributed by atoms with Crippen molar-refractivity contribution in [2.45, 2.75) is 113 Å². The third kappa shape index (κ3) is 8.62. The average molecular weight is 819 g/mol. The maximum absolute atomic E-state index is 14.3. The van der Waals surface area contributed by atoms with Gasteiger partial charge in [0.2, 0.25) is 21.5 Å². The lowest BCUT2D eigenvalue weighted by atomic mass is 9.84. The molecule has 4 N–H and O–H groups in total. The number of rotatable bonds is 9. The van der Waals surface area contributed by atoms with E-state index in [9.17, 15) is 55.1 Å². The van der Waals surface area contributed by atoms with Crippen LogP contribution in [0, 0.1) is 23.7 Å². The zero-order valence-electron chi connectivity index (χ0n) is 32.0. The Kier molecular flexibility index (Phi) is 12.1. The molecule has 0 aromatic carbocycles. The Labute approximate surface area is 322 Å². The fourth-order valence-electron chi connectivity index (χ4n) is 7.88. The minimum atomic E-state index is -4.98. The van der Waals surface area contributed by atoms with Crippen LogP contribution in [-0.2, 0) is 38.7 Å². The molecule has 3 fully saturated rings. The number of amides is 3. The maximum Gasteiger partial charge on any atom is 0.427 e. The highest BCUT2D eigenvalue weighted by atomic mass is 32.2. The molecule has 0 unspecified atom stereocenters. The predicted octanol–water partition coefficient (Wildman–Crippen LogP) is 3.83. The molecule has 5 aliphatic rings.